The van der Waals surface area contributed by atoms with Crippen molar-refractivity contribution in [1.82, 2.24) is 9.13 Å². The predicted octanol–water partition coefficient (Wildman–Crippen LogP) is 14.1. The van der Waals surface area contributed by atoms with Crippen LogP contribution in [0.5, 0.6) is 0 Å². The smallest absolute Gasteiger partial charge is 0.0541 e. The second kappa shape index (κ2) is 10.8. The van der Waals surface area contributed by atoms with E-state index in [-0.39, 0.29) is 0 Å². The molecule has 2 nitrogen and oxygen atoms in total. The van der Waals surface area contributed by atoms with Gasteiger partial charge in [-0.2, -0.15) is 0 Å². The topological polar surface area (TPSA) is 9.86 Å². The van der Waals surface area contributed by atoms with Crippen LogP contribution in [-0.2, 0) is 6.42 Å². The molecule has 1 aliphatic carbocycles. The summed E-state index contributed by atoms with van der Waals surface area (Å²) in [6, 6.07) is 54.4. The first kappa shape index (κ1) is 28.7. The molecule has 1 aliphatic rings. The van der Waals surface area contributed by atoms with E-state index in [0.29, 0.717) is 0 Å². The average molecular weight is 699 g/mol. The lowest BCUT2D eigenvalue weighted by Crippen LogP contribution is -1.99. The van der Waals surface area contributed by atoms with Crippen LogP contribution < -0.4 is 0 Å². The molecule has 0 radical (unpaired) electrons. The Labute approximate surface area is 307 Å². The summed E-state index contributed by atoms with van der Waals surface area (Å²) >= 11 is 3.80. The van der Waals surface area contributed by atoms with E-state index in [1.807, 2.05) is 22.7 Å². The summed E-state index contributed by atoms with van der Waals surface area (Å²) in [6.07, 6.45) is 6.85. The van der Waals surface area contributed by atoms with Crippen molar-refractivity contribution in [2.24, 2.45) is 0 Å². The standard InChI is InChI=1S/C48H30N2S2/c1-5-13-41-33(9-1)34-10-2-6-14-42(34)49(41)31-19-23-39-37-21-17-29(25-45(37)51-47(39)27-31)30-18-22-38-40-24-20-32(28-48(40)52-46(38)26-30)50-43-15-7-3-11-35(43)36-12-4-8-16-44(36)50/h1-3,5-11,13-28H,4,12H2. The fourth-order valence-electron chi connectivity index (χ4n) is 8.83. The summed E-state index contributed by atoms with van der Waals surface area (Å²) in [5.74, 6) is 0. The van der Waals surface area contributed by atoms with Crippen LogP contribution in [-0.4, -0.2) is 9.13 Å². The van der Waals surface area contributed by atoms with E-state index in [0.717, 1.165) is 12.8 Å². The van der Waals surface area contributed by atoms with Crippen LogP contribution in [0.2, 0.25) is 0 Å². The molecule has 12 rings (SSSR count). The van der Waals surface area contributed by atoms with E-state index in [9.17, 15) is 0 Å². The van der Waals surface area contributed by atoms with E-state index in [1.165, 1.54) is 107 Å². The van der Waals surface area contributed by atoms with E-state index >= 15 is 0 Å². The highest BCUT2D eigenvalue weighted by Gasteiger charge is 2.19. The van der Waals surface area contributed by atoms with Crippen molar-refractivity contribution < 1.29 is 0 Å². The van der Waals surface area contributed by atoms with E-state index in [4.69, 9.17) is 0 Å². The lowest BCUT2D eigenvalue weighted by molar-refractivity contribution is 0.968. The van der Waals surface area contributed by atoms with Crippen molar-refractivity contribution in [2.45, 2.75) is 12.8 Å². The molecule has 0 atom stereocenters. The third-order valence-electron chi connectivity index (χ3n) is 11.2. The van der Waals surface area contributed by atoms with Gasteiger partial charge in [-0.1, -0.05) is 97.1 Å². The molecule has 0 fully saturated rings. The van der Waals surface area contributed by atoms with Crippen LogP contribution in [0.4, 0.5) is 0 Å². The fourth-order valence-corrected chi connectivity index (χ4v) is 11.2. The summed E-state index contributed by atoms with van der Waals surface area (Å²) in [4.78, 5) is 0. The number of aryl methyl sites for hydroxylation is 1. The van der Waals surface area contributed by atoms with Gasteiger partial charge in [-0.25, -0.2) is 0 Å². The molecular formula is C48H30N2S2. The van der Waals surface area contributed by atoms with Gasteiger partial charge >= 0.3 is 0 Å². The Bertz CT molecular complexity index is 3250. The van der Waals surface area contributed by atoms with Crippen molar-refractivity contribution in [1.29, 1.82) is 0 Å². The van der Waals surface area contributed by atoms with Gasteiger partial charge in [0.15, 0.2) is 0 Å². The maximum Gasteiger partial charge on any atom is 0.0541 e. The minimum absolute atomic E-state index is 1.10. The Kier molecular flexibility index (Phi) is 5.96. The molecule has 0 saturated carbocycles. The van der Waals surface area contributed by atoms with Gasteiger partial charge in [0.1, 0.15) is 0 Å². The van der Waals surface area contributed by atoms with E-state index in [1.54, 1.807) is 0 Å². The van der Waals surface area contributed by atoms with Crippen molar-refractivity contribution in [3.63, 3.8) is 0 Å². The molecular weight excluding hydrogens is 669 g/mol. The van der Waals surface area contributed by atoms with Crippen LogP contribution in [0, 0.1) is 0 Å². The third kappa shape index (κ3) is 4.05. The van der Waals surface area contributed by atoms with Crippen LogP contribution >= 0.6 is 22.7 Å². The molecule has 4 heterocycles. The third-order valence-corrected chi connectivity index (χ3v) is 13.4. The van der Waals surface area contributed by atoms with Gasteiger partial charge in [0, 0.05) is 73.6 Å². The van der Waals surface area contributed by atoms with Crippen LogP contribution in [0.15, 0.2) is 152 Å². The van der Waals surface area contributed by atoms with Crippen LogP contribution in [0.3, 0.4) is 0 Å². The Morgan fingerprint density at radius 3 is 1.44 bits per heavy atom. The molecule has 244 valence electrons. The molecule has 0 amide bonds. The minimum Gasteiger partial charge on any atom is -0.310 e. The summed E-state index contributed by atoms with van der Waals surface area (Å²) in [5.41, 5.74) is 11.5. The molecule has 0 bridgehead atoms. The highest BCUT2D eigenvalue weighted by atomic mass is 32.1. The molecule has 7 aromatic carbocycles. The number of thiophene rings is 2. The maximum absolute atomic E-state index is 2.46. The first-order chi connectivity index (χ1) is 25.8. The van der Waals surface area contributed by atoms with Crippen molar-refractivity contribution in [2.75, 3.05) is 0 Å². The number of benzene rings is 7. The number of allylic oxidation sites excluding steroid dienone is 1. The number of para-hydroxylation sites is 3. The predicted molar refractivity (Wildman–Crippen MR) is 226 cm³/mol. The number of hydrogen-bond donors (Lipinski definition) is 0. The first-order valence-corrected chi connectivity index (χ1v) is 19.6. The van der Waals surface area contributed by atoms with Crippen molar-refractivity contribution in [3.05, 3.63) is 163 Å². The zero-order chi connectivity index (χ0) is 33.9. The van der Waals surface area contributed by atoms with Gasteiger partial charge in [-0.15, -0.1) is 22.7 Å². The second-order valence-corrected chi connectivity index (χ2v) is 16.2. The number of nitrogens with zero attached hydrogens (tertiary/aromatic N) is 2. The molecule has 0 aliphatic heterocycles. The van der Waals surface area contributed by atoms with Crippen LogP contribution in [0.25, 0.3) is 102 Å². The number of aromatic nitrogens is 2. The zero-order valence-electron chi connectivity index (χ0n) is 28.1. The van der Waals surface area contributed by atoms with Gasteiger partial charge < -0.3 is 9.13 Å². The molecule has 0 spiro atoms. The first-order valence-electron chi connectivity index (χ1n) is 18.0. The molecule has 52 heavy (non-hydrogen) atoms. The number of fused-ring (bicyclic) bond motifs is 12. The molecule has 4 aromatic heterocycles. The normalized spacial score (nSPS) is 13.2. The Balaban J connectivity index is 0.945. The van der Waals surface area contributed by atoms with E-state index in [2.05, 4.69) is 167 Å². The quantitative estimate of drug-likeness (QED) is 0.174. The lowest BCUT2D eigenvalue weighted by Gasteiger charge is -2.12. The van der Waals surface area contributed by atoms with Gasteiger partial charge in [-0.3, -0.25) is 0 Å². The second-order valence-electron chi connectivity index (χ2n) is 14.0. The molecule has 0 saturated heterocycles. The Morgan fingerprint density at radius 1 is 0.404 bits per heavy atom. The summed E-state index contributed by atoms with van der Waals surface area (Å²) in [6.45, 7) is 0. The van der Waals surface area contributed by atoms with Gasteiger partial charge in [0.2, 0.25) is 0 Å². The SMILES string of the molecule is C1=Cc2c(c3ccccc3n2-c2ccc3c(c2)sc2cc(-c4ccc5c(c4)sc4cc(-n6c7ccccc7c7ccccc76)ccc45)ccc23)CC1. The van der Waals surface area contributed by atoms with Gasteiger partial charge in [0.25, 0.3) is 0 Å². The number of rotatable bonds is 3. The Morgan fingerprint density at radius 2 is 0.865 bits per heavy atom. The molecule has 4 heteroatoms. The van der Waals surface area contributed by atoms with Gasteiger partial charge in [0.05, 0.1) is 16.6 Å². The highest BCUT2D eigenvalue weighted by Crippen LogP contribution is 2.42. The highest BCUT2D eigenvalue weighted by molar-refractivity contribution is 7.26. The molecule has 11 aromatic rings. The molecule has 0 N–H and O–H groups in total. The zero-order valence-corrected chi connectivity index (χ0v) is 29.8. The molecule has 0 unspecified atom stereocenters. The summed E-state index contributed by atoms with van der Waals surface area (Å²) in [5, 5.41) is 9.26. The monoisotopic (exact) mass is 698 g/mol. The summed E-state index contributed by atoms with van der Waals surface area (Å²) in [7, 11) is 0. The average Bonchev–Trinajstić information content (AvgIpc) is 3.94. The largest absolute Gasteiger partial charge is 0.310 e. The minimum atomic E-state index is 1.10. The fraction of sp³-hybridized carbons (Fsp3) is 0.0417. The summed E-state index contributed by atoms with van der Waals surface area (Å²) < 4.78 is 10.2. The van der Waals surface area contributed by atoms with Crippen molar-refractivity contribution in [3.8, 4) is 22.5 Å². The van der Waals surface area contributed by atoms with Gasteiger partial charge in [-0.05, 0) is 90.2 Å². The number of hydrogen-bond acceptors (Lipinski definition) is 2. The maximum atomic E-state index is 2.46. The van der Waals surface area contributed by atoms with Crippen LogP contribution in [0.1, 0.15) is 17.7 Å². The Hall–Kier alpha value is -5.94. The van der Waals surface area contributed by atoms with Crippen molar-refractivity contribution >= 4 is 102 Å². The lowest BCUT2D eigenvalue weighted by atomic mass is 10.0. The van der Waals surface area contributed by atoms with E-state index < -0.39 is 0 Å².